The van der Waals surface area contributed by atoms with E-state index in [1.54, 1.807) is 43.4 Å². The molecule has 9 heteroatoms. The summed E-state index contributed by atoms with van der Waals surface area (Å²) in [5.41, 5.74) is 3.05. The van der Waals surface area contributed by atoms with Crippen LogP contribution in [-0.4, -0.2) is 46.8 Å². The number of anilines is 1. The Labute approximate surface area is 211 Å². The number of aryl methyl sites for hydroxylation is 1. The molecule has 1 aliphatic rings. The van der Waals surface area contributed by atoms with E-state index < -0.39 is 12.7 Å². The third-order valence-corrected chi connectivity index (χ3v) is 6.92. The Bertz CT molecular complexity index is 1480. The molecule has 1 fully saturated rings. The van der Waals surface area contributed by atoms with E-state index in [9.17, 15) is 23.2 Å². The van der Waals surface area contributed by atoms with Crippen LogP contribution in [0.1, 0.15) is 22.9 Å². The number of alkyl halides is 1. The molecule has 1 unspecified atom stereocenters. The number of nitrogens with zero attached hydrogens (tertiary/aromatic N) is 5. The number of halogens is 3. The van der Waals surface area contributed by atoms with Crippen LogP contribution in [0.5, 0.6) is 0 Å². The standard InChI is InChI=1S/C28H24F3N5O/c1-34-24-11-10-22(16-32)33-27(24)25(14-26(34)37)36-13-12-35(17-23(36)15-29)28(18-2-6-20(30)7-3-18)19-4-8-21(31)9-5-19/h2-11,14,23,28H,12-13,15,17H2,1H3. The molecule has 188 valence electrons. The lowest BCUT2D eigenvalue weighted by Crippen LogP contribution is -2.55. The fourth-order valence-electron chi connectivity index (χ4n) is 5.06. The maximum absolute atomic E-state index is 14.6. The zero-order valence-corrected chi connectivity index (χ0v) is 20.1. The van der Waals surface area contributed by atoms with Crippen molar-refractivity contribution in [3.05, 3.63) is 106 Å². The largest absolute Gasteiger partial charge is 0.361 e. The minimum absolute atomic E-state index is 0.204. The van der Waals surface area contributed by atoms with Gasteiger partial charge in [-0.15, -0.1) is 0 Å². The van der Waals surface area contributed by atoms with Crippen molar-refractivity contribution in [1.29, 1.82) is 5.26 Å². The minimum atomic E-state index is -0.690. The van der Waals surface area contributed by atoms with Crippen LogP contribution < -0.4 is 10.5 Å². The van der Waals surface area contributed by atoms with Crippen molar-refractivity contribution in [3.8, 4) is 6.07 Å². The maximum Gasteiger partial charge on any atom is 0.252 e. The van der Waals surface area contributed by atoms with Crippen molar-refractivity contribution in [2.45, 2.75) is 12.1 Å². The first-order valence-corrected chi connectivity index (χ1v) is 11.9. The van der Waals surface area contributed by atoms with Crippen molar-refractivity contribution in [2.24, 2.45) is 7.05 Å². The smallest absolute Gasteiger partial charge is 0.252 e. The first kappa shape index (κ1) is 24.5. The number of nitriles is 1. The molecule has 4 aromatic rings. The molecule has 0 spiro atoms. The molecular weight excluding hydrogens is 479 g/mol. The number of fused-ring (bicyclic) bond motifs is 1. The molecule has 1 saturated heterocycles. The van der Waals surface area contributed by atoms with Gasteiger partial charge in [-0.3, -0.25) is 9.69 Å². The van der Waals surface area contributed by atoms with Gasteiger partial charge in [0.05, 0.1) is 23.3 Å². The third-order valence-electron chi connectivity index (χ3n) is 6.92. The Morgan fingerprint density at radius 3 is 2.19 bits per heavy atom. The van der Waals surface area contributed by atoms with Crippen LogP contribution in [-0.2, 0) is 7.05 Å². The monoisotopic (exact) mass is 503 g/mol. The van der Waals surface area contributed by atoms with E-state index in [-0.39, 0.29) is 28.9 Å². The Morgan fingerprint density at radius 2 is 1.62 bits per heavy atom. The first-order valence-electron chi connectivity index (χ1n) is 11.9. The third kappa shape index (κ3) is 4.68. The van der Waals surface area contributed by atoms with E-state index in [2.05, 4.69) is 9.88 Å². The van der Waals surface area contributed by atoms with Gasteiger partial charge >= 0.3 is 0 Å². The summed E-state index contributed by atoms with van der Waals surface area (Å²) < 4.78 is 43.4. The molecule has 5 rings (SSSR count). The van der Waals surface area contributed by atoms with Crippen LogP contribution in [0.4, 0.5) is 18.9 Å². The highest BCUT2D eigenvalue weighted by Crippen LogP contribution is 2.34. The van der Waals surface area contributed by atoms with Crippen LogP contribution in [0.3, 0.4) is 0 Å². The first-order chi connectivity index (χ1) is 17.9. The Kier molecular flexibility index (Phi) is 6.68. The zero-order valence-electron chi connectivity index (χ0n) is 20.1. The molecule has 37 heavy (non-hydrogen) atoms. The number of benzene rings is 2. The second-order valence-electron chi connectivity index (χ2n) is 9.10. The molecule has 0 aliphatic carbocycles. The van der Waals surface area contributed by atoms with Crippen molar-refractivity contribution in [2.75, 3.05) is 31.2 Å². The van der Waals surface area contributed by atoms with Crippen LogP contribution in [0.25, 0.3) is 11.0 Å². The fourth-order valence-corrected chi connectivity index (χ4v) is 5.06. The van der Waals surface area contributed by atoms with Gasteiger partial charge in [-0.1, -0.05) is 24.3 Å². The Balaban J connectivity index is 1.54. The highest BCUT2D eigenvalue weighted by atomic mass is 19.1. The summed E-state index contributed by atoms with van der Waals surface area (Å²) >= 11 is 0. The second kappa shape index (κ2) is 10.1. The summed E-state index contributed by atoms with van der Waals surface area (Å²) in [6, 6.07) is 17.9. The van der Waals surface area contributed by atoms with Gasteiger partial charge in [0.2, 0.25) is 0 Å². The second-order valence-corrected chi connectivity index (χ2v) is 9.10. The van der Waals surface area contributed by atoms with Crippen LogP contribution in [0, 0.1) is 23.0 Å². The highest BCUT2D eigenvalue weighted by molar-refractivity contribution is 5.89. The van der Waals surface area contributed by atoms with Crippen molar-refractivity contribution >= 4 is 16.7 Å². The summed E-state index contributed by atoms with van der Waals surface area (Å²) in [7, 11) is 1.63. The van der Waals surface area contributed by atoms with E-state index >= 15 is 0 Å². The molecule has 0 N–H and O–H groups in total. The maximum atomic E-state index is 14.6. The van der Waals surface area contributed by atoms with Crippen LogP contribution in [0.15, 0.2) is 71.5 Å². The van der Waals surface area contributed by atoms with Crippen LogP contribution in [0.2, 0.25) is 0 Å². The average molecular weight is 504 g/mol. The van der Waals surface area contributed by atoms with Crippen LogP contribution >= 0.6 is 0 Å². The van der Waals surface area contributed by atoms with Gasteiger partial charge in [0.25, 0.3) is 5.56 Å². The molecular formula is C28H24F3N5O. The number of hydrogen-bond donors (Lipinski definition) is 0. The normalized spacial score (nSPS) is 16.3. The molecule has 6 nitrogen and oxygen atoms in total. The number of hydrogen-bond acceptors (Lipinski definition) is 5. The predicted molar refractivity (Wildman–Crippen MR) is 135 cm³/mol. The molecule has 1 atom stereocenters. The topological polar surface area (TPSA) is 65.2 Å². The van der Waals surface area contributed by atoms with E-state index in [0.717, 1.165) is 11.1 Å². The Hall–Kier alpha value is -4.16. The SMILES string of the molecule is Cn1c(=O)cc(N2CCN(C(c3ccc(F)cc3)c3ccc(F)cc3)CC2CF)c2nc(C#N)ccc21. The molecule has 0 radical (unpaired) electrons. The summed E-state index contributed by atoms with van der Waals surface area (Å²) in [4.78, 5) is 21.1. The van der Waals surface area contributed by atoms with E-state index in [1.807, 2.05) is 11.0 Å². The molecule has 0 amide bonds. The number of aromatic nitrogens is 2. The summed E-state index contributed by atoms with van der Waals surface area (Å²) in [6.07, 6.45) is 0. The van der Waals surface area contributed by atoms with Gasteiger partial charge in [-0.05, 0) is 47.5 Å². The number of piperazine rings is 1. The average Bonchev–Trinajstić information content (AvgIpc) is 2.92. The predicted octanol–water partition coefficient (Wildman–Crippen LogP) is 4.33. The number of pyridine rings is 2. The van der Waals surface area contributed by atoms with Crippen molar-refractivity contribution < 1.29 is 13.2 Å². The Morgan fingerprint density at radius 1 is 1.00 bits per heavy atom. The lowest BCUT2D eigenvalue weighted by molar-refractivity contribution is 0.170. The lowest BCUT2D eigenvalue weighted by Gasteiger charge is -2.45. The molecule has 2 aromatic heterocycles. The van der Waals surface area contributed by atoms with Gasteiger partial charge in [0, 0.05) is 32.7 Å². The minimum Gasteiger partial charge on any atom is -0.361 e. The molecule has 2 aromatic carbocycles. The van der Waals surface area contributed by atoms with Gasteiger partial charge in [0.15, 0.2) is 0 Å². The van der Waals surface area contributed by atoms with Crippen molar-refractivity contribution in [1.82, 2.24) is 14.5 Å². The van der Waals surface area contributed by atoms with Gasteiger partial charge in [-0.25, -0.2) is 18.2 Å². The summed E-state index contributed by atoms with van der Waals surface area (Å²) in [5.74, 6) is -0.732. The van der Waals surface area contributed by atoms with E-state index in [1.165, 1.54) is 34.9 Å². The van der Waals surface area contributed by atoms with E-state index in [0.29, 0.717) is 36.4 Å². The fraction of sp³-hybridized carbons (Fsp3) is 0.250. The lowest BCUT2D eigenvalue weighted by atomic mass is 9.95. The van der Waals surface area contributed by atoms with Gasteiger partial charge < -0.3 is 9.47 Å². The summed E-state index contributed by atoms with van der Waals surface area (Å²) in [6.45, 7) is 0.480. The van der Waals surface area contributed by atoms with Gasteiger partial charge in [-0.2, -0.15) is 5.26 Å². The molecule has 0 saturated carbocycles. The quantitative estimate of drug-likeness (QED) is 0.406. The van der Waals surface area contributed by atoms with Gasteiger partial charge in [0.1, 0.15) is 35.6 Å². The van der Waals surface area contributed by atoms with Crippen molar-refractivity contribution in [3.63, 3.8) is 0 Å². The summed E-state index contributed by atoms with van der Waals surface area (Å²) in [5, 5.41) is 9.36. The molecule has 1 aliphatic heterocycles. The molecule has 3 heterocycles. The zero-order chi connectivity index (χ0) is 26.1. The highest BCUT2D eigenvalue weighted by Gasteiger charge is 2.34. The number of rotatable bonds is 5. The van der Waals surface area contributed by atoms with E-state index in [4.69, 9.17) is 0 Å². The molecule has 0 bridgehead atoms.